The van der Waals surface area contributed by atoms with Gasteiger partial charge in [-0.3, -0.25) is 9.69 Å². The van der Waals surface area contributed by atoms with E-state index in [9.17, 15) is 14.7 Å². The van der Waals surface area contributed by atoms with Gasteiger partial charge in [0, 0.05) is 31.6 Å². The van der Waals surface area contributed by atoms with Crippen molar-refractivity contribution in [1.82, 2.24) is 10.2 Å². The molecule has 3 atom stereocenters. The molecule has 0 aliphatic carbocycles. The molecule has 2 aromatic carbocycles. The first-order valence-corrected chi connectivity index (χ1v) is 9.95. The summed E-state index contributed by atoms with van der Waals surface area (Å²) < 4.78 is 5.76. The maximum absolute atomic E-state index is 12.5. The van der Waals surface area contributed by atoms with Crippen LogP contribution in [0.5, 0.6) is 0 Å². The molecule has 1 fully saturated rings. The van der Waals surface area contributed by atoms with E-state index in [4.69, 9.17) is 4.74 Å². The number of carbonyl (C=O) groups is 2. The molecule has 0 aromatic heterocycles. The van der Waals surface area contributed by atoms with Crippen LogP contribution >= 0.6 is 0 Å². The monoisotopic (exact) mass is 396 g/mol. The van der Waals surface area contributed by atoms with E-state index in [0.29, 0.717) is 5.56 Å². The summed E-state index contributed by atoms with van der Waals surface area (Å²) >= 11 is 0. The fourth-order valence-electron chi connectivity index (χ4n) is 3.72. The maximum atomic E-state index is 12.5. The van der Waals surface area contributed by atoms with E-state index >= 15 is 0 Å². The maximum Gasteiger partial charge on any atom is 0.326 e. The Hall–Kier alpha value is -2.70. The van der Waals surface area contributed by atoms with Gasteiger partial charge in [0.2, 0.25) is 0 Å². The Morgan fingerprint density at radius 3 is 2.24 bits per heavy atom. The molecule has 1 heterocycles. The van der Waals surface area contributed by atoms with Gasteiger partial charge in [-0.15, -0.1) is 0 Å². The number of hydrogen-bond donors (Lipinski definition) is 2. The van der Waals surface area contributed by atoms with Gasteiger partial charge in [0.1, 0.15) is 6.04 Å². The van der Waals surface area contributed by atoms with Crippen LogP contribution in [0.15, 0.2) is 54.6 Å². The third kappa shape index (κ3) is 6.14. The van der Waals surface area contributed by atoms with E-state index < -0.39 is 12.0 Å². The number of carbonyl (C=O) groups excluding carboxylic acids is 1. The fourth-order valence-corrected chi connectivity index (χ4v) is 3.72. The number of nitrogens with one attached hydrogen (secondary N) is 1. The van der Waals surface area contributed by atoms with E-state index in [1.165, 1.54) is 0 Å². The minimum atomic E-state index is -1.05. The Kier molecular flexibility index (Phi) is 7.01. The van der Waals surface area contributed by atoms with Gasteiger partial charge in [-0.1, -0.05) is 42.5 Å². The number of morpholine rings is 1. The smallest absolute Gasteiger partial charge is 0.326 e. The minimum Gasteiger partial charge on any atom is -0.480 e. The molecule has 154 valence electrons. The summed E-state index contributed by atoms with van der Waals surface area (Å²) in [5, 5.41) is 12.1. The molecule has 1 aliphatic heterocycles. The number of amides is 1. The lowest BCUT2D eigenvalue weighted by molar-refractivity contribution is -0.139. The molecule has 1 saturated heterocycles. The quantitative estimate of drug-likeness (QED) is 0.752. The van der Waals surface area contributed by atoms with Gasteiger partial charge >= 0.3 is 5.97 Å². The van der Waals surface area contributed by atoms with Crippen LogP contribution in [-0.4, -0.2) is 53.2 Å². The Morgan fingerprint density at radius 1 is 1.03 bits per heavy atom. The van der Waals surface area contributed by atoms with Crippen LogP contribution < -0.4 is 5.32 Å². The molecule has 6 nitrogen and oxygen atoms in total. The average Bonchev–Trinajstić information content (AvgIpc) is 2.68. The molecule has 0 radical (unpaired) electrons. The normalized spacial score (nSPS) is 20.8. The van der Waals surface area contributed by atoms with Crippen LogP contribution in [0.2, 0.25) is 0 Å². The highest BCUT2D eigenvalue weighted by atomic mass is 16.5. The van der Waals surface area contributed by atoms with Crippen molar-refractivity contribution in [3.8, 4) is 0 Å². The SMILES string of the molecule is C[C@H]1CN(Cc2ccc(C(=O)N[C@@H](Cc3ccccc3)C(=O)O)cc2)C[C@H](C)O1. The molecule has 1 amide bonds. The Labute approximate surface area is 171 Å². The second kappa shape index (κ2) is 9.67. The standard InChI is InChI=1S/C23H28N2O4/c1-16-13-25(14-17(2)29-16)15-19-8-10-20(11-9-19)22(26)24-21(23(27)28)12-18-6-4-3-5-7-18/h3-11,16-17,21H,12-15H2,1-2H3,(H,24,26)(H,27,28)/t16-,17-,21-/m0/s1. The third-order valence-corrected chi connectivity index (χ3v) is 5.00. The highest BCUT2D eigenvalue weighted by molar-refractivity contribution is 5.96. The van der Waals surface area contributed by atoms with Crippen LogP contribution in [0.25, 0.3) is 0 Å². The van der Waals surface area contributed by atoms with Gasteiger partial charge in [0.25, 0.3) is 5.91 Å². The lowest BCUT2D eigenvalue weighted by atomic mass is 10.0. The van der Waals surface area contributed by atoms with Crippen molar-refractivity contribution in [2.45, 2.75) is 45.1 Å². The number of hydrogen-bond acceptors (Lipinski definition) is 4. The van der Waals surface area contributed by atoms with E-state index in [0.717, 1.165) is 30.8 Å². The van der Waals surface area contributed by atoms with Gasteiger partial charge in [0.05, 0.1) is 12.2 Å². The van der Waals surface area contributed by atoms with Crippen molar-refractivity contribution in [2.75, 3.05) is 13.1 Å². The van der Waals surface area contributed by atoms with Gasteiger partial charge in [0.15, 0.2) is 0 Å². The highest BCUT2D eigenvalue weighted by Crippen LogP contribution is 2.15. The fraction of sp³-hybridized carbons (Fsp3) is 0.391. The number of carboxylic acid groups (broad SMARTS) is 1. The number of rotatable bonds is 7. The Balaban J connectivity index is 1.59. The molecule has 0 saturated carbocycles. The molecule has 3 rings (SSSR count). The van der Waals surface area contributed by atoms with Gasteiger partial charge in [-0.25, -0.2) is 4.79 Å². The Morgan fingerprint density at radius 2 is 1.66 bits per heavy atom. The van der Waals surface area contributed by atoms with Crippen molar-refractivity contribution in [3.05, 3.63) is 71.3 Å². The molecule has 2 N–H and O–H groups in total. The second-order valence-electron chi connectivity index (χ2n) is 7.70. The molecule has 0 spiro atoms. The summed E-state index contributed by atoms with van der Waals surface area (Å²) in [6.07, 6.45) is 0.663. The summed E-state index contributed by atoms with van der Waals surface area (Å²) in [6.45, 7) is 6.71. The van der Waals surface area contributed by atoms with Crippen LogP contribution in [0.1, 0.15) is 35.3 Å². The predicted molar refractivity (Wildman–Crippen MR) is 111 cm³/mol. The van der Waals surface area contributed by atoms with E-state index in [1.54, 1.807) is 12.1 Å². The molecule has 0 bridgehead atoms. The summed E-state index contributed by atoms with van der Waals surface area (Å²) in [4.78, 5) is 26.4. The van der Waals surface area contributed by atoms with Crippen molar-refractivity contribution in [1.29, 1.82) is 0 Å². The van der Waals surface area contributed by atoms with Crippen molar-refractivity contribution in [3.63, 3.8) is 0 Å². The predicted octanol–water partition coefficient (Wildman–Crippen LogP) is 2.72. The van der Waals surface area contributed by atoms with E-state index in [-0.39, 0.29) is 24.5 Å². The Bertz CT molecular complexity index is 813. The van der Waals surface area contributed by atoms with Gasteiger partial charge in [-0.05, 0) is 37.1 Å². The minimum absolute atomic E-state index is 0.210. The van der Waals surface area contributed by atoms with Gasteiger partial charge in [-0.2, -0.15) is 0 Å². The lowest BCUT2D eigenvalue weighted by Gasteiger charge is -2.35. The van der Waals surface area contributed by atoms with Crippen molar-refractivity contribution >= 4 is 11.9 Å². The lowest BCUT2D eigenvalue weighted by Crippen LogP contribution is -2.44. The number of benzene rings is 2. The summed E-state index contributed by atoms with van der Waals surface area (Å²) in [6, 6.07) is 15.7. The van der Waals surface area contributed by atoms with Crippen LogP contribution in [0, 0.1) is 0 Å². The first kappa shape index (κ1) is 21.0. The summed E-state index contributed by atoms with van der Waals surface area (Å²) in [5.41, 5.74) is 2.43. The molecule has 2 aromatic rings. The van der Waals surface area contributed by atoms with E-state index in [1.807, 2.05) is 42.5 Å². The number of aliphatic carboxylic acids is 1. The van der Waals surface area contributed by atoms with Crippen LogP contribution in [-0.2, 0) is 22.5 Å². The summed E-state index contributed by atoms with van der Waals surface area (Å²) in [5.74, 6) is -1.43. The first-order valence-electron chi connectivity index (χ1n) is 9.95. The zero-order valence-corrected chi connectivity index (χ0v) is 16.9. The van der Waals surface area contributed by atoms with Gasteiger partial charge < -0.3 is 15.2 Å². The molecule has 29 heavy (non-hydrogen) atoms. The number of nitrogens with zero attached hydrogens (tertiary/aromatic N) is 1. The first-order chi connectivity index (χ1) is 13.9. The topological polar surface area (TPSA) is 78.9 Å². The zero-order valence-electron chi connectivity index (χ0n) is 16.9. The van der Waals surface area contributed by atoms with E-state index in [2.05, 4.69) is 24.1 Å². The second-order valence-corrected chi connectivity index (χ2v) is 7.70. The van der Waals surface area contributed by atoms with Crippen LogP contribution in [0.4, 0.5) is 0 Å². The molecule has 6 heteroatoms. The zero-order chi connectivity index (χ0) is 20.8. The molecular formula is C23H28N2O4. The van der Waals surface area contributed by atoms with Crippen molar-refractivity contribution in [2.24, 2.45) is 0 Å². The number of ether oxygens (including phenoxy) is 1. The van der Waals surface area contributed by atoms with Crippen molar-refractivity contribution < 1.29 is 19.4 Å². The molecular weight excluding hydrogens is 368 g/mol. The third-order valence-electron chi connectivity index (χ3n) is 5.00. The largest absolute Gasteiger partial charge is 0.480 e. The summed E-state index contributed by atoms with van der Waals surface area (Å²) in [7, 11) is 0. The highest BCUT2D eigenvalue weighted by Gasteiger charge is 2.23. The molecule has 0 unspecified atom stereocenters. The van der Waals surface area contributed by atoms with Crippen LogP contribution in [0.3, 0.4) is 0 Å². The average molecular weight is 396 g/mol. The number of carboxylic acids is 1. The molecule has 1 aliphatic rings.